The van der Waals surface area contributed by atoms with Gasteiger partial charge in [-0.05, 0) is 26.3 Å². The summed E-state index contributed by atoms with van der Waals surface area (Å²) in [6, 6.07) is 0.827. The zero-order valence-electron chi connectivity index (χ0n) is 10.9. The number of sulfone groups is 1. The fourth-order valence-electron chi connectivity index (χ4n) is 3.12. The fraction of sp³-hybridized carbons (Fsp3) is 1.00. The van der Waals surface area contributed by atoms with Gasteiger partial charge in [-0.15, -0.1) is 0 Å². The van der Waals surface area contributed by atoms with Gasteiger partial charge in [0.05, 0.1) is 5.75 Å². The van der Waals surface area contributed by atoms with Crippen molar-refractivity contribution >= 4 is 9.84 Å². The van der Waals surface area contributed by atoms with Crippen LogP contribution in [0.4, 0.5) is 0 Å². The van der Waals surface area contributed by atoms with Crippen LogP contribution in [-0.2, 0) is 9.84 Å². The molecule has 2 rings (SSSR count). The van der Waals surface area contributed by atoms with E-state index in [0.717, 1.165) is 19.6 Å². The lowest BCUT2D eigenvalue weighted by Gasteiger charge is -2.45. The lowest BCUT2D eigenvalue weighted by molar-refractivity contribution is 0.0354. The van der Waals surface area contributed by atoms with E-state index >= 15 is 0 Å². The Bertz CT molecular complexity index is 356. The number of rotatable bonds is 3. The van der Waals surface area contributed by atoms with Crippen molar-refractivity contribution in [2.75, 3.05) is 38.2 Å². The van der Waals surface area contributed by atoms with Crippen molar-refractivity contribution in [2.24, 2.45) is 0 Å². The van der Waals surface area contributed by atoms with E-state index in [1.807, 2.05) is 6.92 Å². The van der Waals surface area contributed by atoms with Gasteiger partial charge in [0.2, 0.25) is 0 Å². The first kappa shape index (κ1) is 13.3. The standard InChI is InChI=1S/C12H24N2O2S/c1-11(10-17(2,15)16)14-8-7-13-6-4-3-5-12(13)9-14/h11-12H,3-10H2,1-2H3. The van der Waals surface area contributed by atoms with Crippen LogP contribution in [0.25, 0.3) is 0 Å². The zero-order valence-corrected chi connectivity index (χ0v) is 11.7. The van der Waals surface area contributed by atoms with E-state index in [1.165, 1.54) is 32.1 Å². The van der Waals surface area contributed by atoms with Gasteiger partial charge in [-0.25, -0.2) is 8.42 Å². The molecule has 2 aliphatic heterocycles. The van der Waals surface area contributed by atoms with Crippen LogP contribution >= 0.6 is 0 Å². The van der Waals surface area contributed by atoms with Gasteiger partial charge in [0.1, 0.15) is 9.84 Å². The van der Waals surface area contributed by atoms with Crippen LogP contribution in [0, 0.1) is 0 Å². The highest BCUT2D eigenvalue weighted by molar-refractivity contribution is 7.90. The summed E-state index contributed by atoms with van der Waals surface area (Å²) in [6.45, 7) is 6.46. The van der Waals surface area contributed by atoms with Crippen molar-refractivity contribution in [3.05, 3.63) is 0 Å². The SMILES string of the molecule is CC(CS(C)(=O)=O)N1CCN2CCCCC2C1. The van der Waals surface area contributed by atoms with Gasteiger partial charge < -0.3 is 0 Å². The number of nitrogens with zero attached hydrogens (tertiary/aromatic N) is 2. The Labute approximate surface area is 105 Å². The minimum Gasteiger partial charge on any atom is -0.298 e. The highest BCUT2D eigenvalue weighted by Crippen LogP contribution is 2.22. The summed E-state index contributed by atoms with van der Waals surface area (Å²) in [6.07, 6.45) is 5.27. The molecule has 2 atom stereocenters. The molecule has 2 aliphatic rings. The lowest BCUT2D eigenvalue weighted by atomic mass is 9.99. The molecule has 0 aromatic carbocycles. The van der Waals surface area contributed by atoms with E-state index < -0.39 is 9.84 Å². The molecule has 2 fully saturated rings. The third-order valence-corrected chi connectivity index (χ3v) is 5.12. The second-order valence-electron chi connectivity index (χ2n) is 5.62. The van der Waals surface area contributed by atoms with Crippen LogP contribution in [-0.4, -0.2) is 68.5 Å². The molecule has 2 heterocycles. The third-order valence-electron chi connectivity index (χ3n) is 4.04. The molecule has 0 amide bonds. The van der Waals surface area contributed by atoms with Gasteiger partial charge in [-0.3, -0.25) is 9.80 Å². The molecule has 100 valence electrons. The zero-order chi connectivity index (χ0) is 12.5. The van der Waals surface area contributed by atoms with Gasteiger partial charge >= 0.3 is 0 Å². The molecule has 4 nitrogen and oxygen atoms in total. The number of fused-ring (bicyclic) bond motifs is 1. The molecule has 2 saturated heterocycles. The number of piperidine rings is 1. The average molecular weight is 260 g/mol. The van der Waals surface area contributed by atoms with Gasteiger partial charge in [-0.2, -0.15) is 0 Å². The molecule has 0 bridgehead atoms. The Kier molecular flexibility index (Phi) is 4.10. The second kappa shape index (κ2) is 5.24. The molecule has 17 heavy (non-hydrogen) atoms. The smallest absolute Gasteiger partial charge is 0.148 e. The molecule has 0 aliphatic carbocycles. The number of piperazine rings is 1. The molecule has 0 N–H and O–H groups in total. The first-order valence-electron chi connectivity index (χ1n) is 6.61. The summed E-state index contributed by atoms with van der Waals surface area (Å²) in [5.74, 6) is 0.291. The molecule has 2 unspecified atom stereocenters. The van der Waals surface area contributed by atoms with Crippen molar-refractivity contribution < 1.29 is 8.42 Å². The van der Waals surface area contributed by atoms with E-state index in [-0.39, 0.29) is 6.04 Å². The van der Waals surface area contributed by atoms with E-state index in [0.29, 0.717) is 11.8 Å². The topological polar surface area (TPSA) is 40.6 Å². The van der Waals surface area contributed by atoms with Crippen molar-refractivity contribution in [3.8, 4) is 0 Å². The first-order valence-corrected chi connectivity index (χ1v) is 8.67. The molecular weight excluding hydrogens is 236 g/mol. The number of hydrogen-bond donors (Lipinski definition) is 0. The van der Waals surface area contributed by atoms with Gasteiger partial charge in [0, 0.05) is 38.0 Å². The molecule has 0 aromatic rings. The first-order chi connectivity index (χ1) is 7.96. The van der Waals surface area contributed by atoms with Crippen molar-refractivity contribution in [1.82, 2.24) is 9.80 Å². The summed E-state index contributed by atoms with van der Waals surface area (Å²) in [7, 11) is -2.86. The molecule has 0 spiro atoms. The van der Waals surface area contributed by atoms with E-state index in [4.69, 9.17) is 0 Å². The van der Waals surface area contributed by atoms with Gasteiger partial charge in [0.15, 0.2) is 0 Å². The molecule has 0 aromatic heterocycles. The fourth-order valence-corrected chi connectivity index (χ4v) is 4.21. The lowest BCUT2D eigenvalue weighted by Crippen LogP contribution is -2.57. The molecule has 0 saturated carbocycles. The molecule has 0 radical (unpaired) electrons. The highest BCUT2D eigenvalue weighted by atomic mass is 32.2. The summed E-state index contributed by atoms with van der Waals surface area (Å²) in [5.41, 5.74) is 0. The average Bonchev–Trinajstić information content (AvgIpc) is 2.26. The maximum atomic E-state index is 11.3. The van der Waals surface area contributed by atoms with Crippen LogP contribution in [0.15, 0.2) is 0 Å². The molecular formula is C12H24N2O2S. The maximum absolute atomic E-state index is 11.3. The van der Waals surface area contributed by atoms with Crippen molar-refractivity contribution in [1.29, 1.82) is 0 Å². The van der Waals surface area contributed by atoms with Crippen LogP contribution < -0.4 is 0 Å². The van der Waals surface area contributed by atoms with Gasteiger partial charge in [0.25, 0.3) is 0 Å². The minimum atomic E-state index is -2.86. The monoisotopic (exact) mass is 260 g/mol. The van der Waals surface area contributed by atoms with Crippen LogP contribution in [0.1, 0.15) is 26.2 Å². The van der Waals surface area contributed by atoms with E-state index in [2.05, 4.69) is 9.80 Å². The number of hydrogen-bond acceptors (Lipinski definition) is 4. The maximum Gasteiger partial charge on any atom is 0.148 e. The minimum absolute atomic E-state index is 0.161. The Morgan fingerprint density at radius 1 is 1.24 bits per heavy atom. The van der Waals surface area contributed by atoms with Gasteiger partial charge in [-0.1, -0.05) is 6.42 Å². The highest BCUT2D eigenvalue weighted by Gasteiger charge is 2.31. The van der Waals surface area contributed by atoms with Crippen LogP contribution in [0.3, 0.4) is 0 Å². The summed E-state index contributed by atoms with van der Waals surface area (Å²) >= 11 is 0. The Hall–Kier alpha value is -0.130. The normalized spacial score (nSPS) is 29.9. The van der Waals surface area contributed by atoms with E-state index in [9.17, 15) is 8.42 Å². The summed E-state index contributed by atoms with van der Waals surface area (Å²) < 4.78 is 22.7. The van der Waals surface area contributed by atoms with Crippen molar-refractivity contribution in [3.63, 3.8) is 0 Å². The third kappa shape index (κ3) is 3.66. The summed E-state index contributed by atoms with van der Waals surface area (Å²) in [4.78, 5) is 4.93. The van der Waals surface area contributed by atoms with E-state index in [1.54, 1.807) is 0 Å². The predicted molar refractivity (Wildman–Crippen MR) is 70.0 cm³/mol. The summed E-state index contributed by atoms with van der Waals surface area (Å²) in [5, 5.41) is 0. The Morgan fingerprint density at radius 3 is 2.71 bits per heavy atom. The Balaban J connectivity index is 1.90. The van der Waals surface area contributed by atoms with Crippen molar-refractivity contribution in [2.45, 2.75) is 38.3 Å². The quantitative estimate of drug-likeness (QED) is 0.745. The Morgan fingerprint density at radius 2 is 2.00 bits per heavy atom. The largest absolute Gasteiger partial charge is 0.298 e. The van der Waals surface area contributed by atoms with Crippen LogP contribution in [0.2, 0.25) is 0 Å². The second-order valence-corrected chi connectivity index (χ2v) is 7.81. The predicted octanol–water partition coefficient (Wildman–Crippen LogP) is 0.590. The van der Waals surface area contributed by atoms with Crippen LogP contribution in [0.5, 0.6) is 0 Å². The molecule has 5 heteroatoms.